The lowest BCUT2D eigenvalue weighted by Gasteiger charge is -2.30. The second-order valence-corrected chi connectivity index (χ2v) is 3.98. The monoisotopic (exact) mass is 222 g/mol. The Labute approximate surface area is 93.3 Å². The summed E-state index contributed by atoms with van der Waals surface area (Å²) >= 11 is 0. The third kappa shape index (κ3) is 2.30. The van der Waals surface area contributed by atoms with Crippen LogP contribution in [0.15, 0.2) is 18.5 Å². The number of carbonyl (C=O) groups excluding carboxylic acids is 1. The Morgan fingerprint density at radius 1 is 1.50 bits per heavy atom. The summed E-state index contributed by atoms with van der Waals surface area (Å²) < 4.78 is 0. The van der Waals surface area contributed by atoms with Crippen LogP contribution < -0.4 is 0 Å². The van der Waals surface area contributed by atoms with Crippen LogP contribution in [0.5, 0.6) is 5.75 Å². The topological polar surface area (TPSA) is 73.7 Å². The maximum absolute atomic E-state index is 12.0. The van der Waals surface area contributed by atoms with Gasteiger partial charge in [0.2, 0.25) is 0 Å². The Morgan fingerprint density at radius 3 is 3.00 bits per heavy atom. The number of aliphatic hydroxyl groups excluding tert-OH is 1. The number of aromatic hydroxyl groups is 1. The van der Waals surface area contributed by atoms with Crippen molar-refractivity contribution < 1.29 is 15.0 Å². The van der Waals surface area contributed by atoms with Crippen molar-refractivity contribution in [1.29, 1.82) is 0 Å². The number of β-amino-alcohol motifs (C(OH)–C–C–N with tert-alkyl or cyclic N) is 1. The molecule has 1 fully saturated rings. The Bertz CT molecular complexity index is 395. The lowest BCUT2D eigenvalue weighted by Crippen LogP contribution is -2.42. The van der Waals surface area contributed by atoms with E-state index < -0.39 is 6.10 Å². The first kappa shape index (κ1) is 10.9. The van der Waals surface area contributed by atoms with Gasteiger partial charge in [-0.3, -0.25) is 9.78 Å². The zero-order valence-corrected chi connectivity index (χ0v) is 8.83. The summed E-state index contributed by atoms with van der Waals surface area (Å²) in [5, 5.41) is 18.7. The molecule has 0 spiro atoms. The molecule has 86 valence electrons. The Kier molecular flexibility index (Phi) is 3.05. The Balaban J connectivity index is 2.12. The fourth-order valence-electron chi connectivity index (χ4n) is 1.87. The minimum atomic E-state index is -0.442. The smallest absolute Gasteiger partial charge is 0.255 e. The molecule has 0 bridgehead atoms. The zero-order chi connectivity index (χ0) is 11.5. The van der Waals surface area contributed by atoms with Gasteiger partial charge < -0.3 is 15.1 Å². The molecule has 2 rings (SSSR count). The average Bonchev–Trinajstić information content (AvgIpc) is 2.28. The van der Waals surface area contributed by atoms with Gasteiger partial charge in [0.1, 0.15) is 5.75 Å². The van der Waals surface area contributed by atoms with Gasteiger partial charge in [-0.15, -0.1) is 0 Å². The Morgan fingerprint density at radius 2 is 2.31 bits per heavy atom. The van der Waals surface area contributed by atoms with E-state index in [-0.39, 0.29) is 11.7 Å². The van der Waals surface area contributed by atoms with Gasteiger partial charge in [0, 0.05) is 19.3 Å². The van der Waals surface area contributed by atoms with Crippen LogP contribution >= 0.6 is 0 Å². The molecule has 1 aromatic rings. The molecule has 1 aliphatic heterocycles. The van der Waals surface area contributed by atoms with Gasteiger partial charge in [0.05, 0.1) is 17.9 Å². The van der Waals surface area contributed by atoms with E-state index in [0.717, 1.165) is 12.8 Å². The molecule has 16 heavy (non-hydrogen) atoms. The summed E-state index contributed by atoms with van der Waals surface area (Å²) in [4.78, 5) is 17.3. The van der Waals surface area contributed by atoms with Gasteiger partial charge in [0.25, 0.3) is 5.91 Å². The number of nitrogens with zero attached hydrogens (tertiary/aromatic N) is 2. The second kappa shape index (κ2) is 4.49. The average molecular weight is 222 g/mol. The van der Waals surface area contributed by atoms with Gasteiger partial charge in [-0.05, 0) is 18.9 Å². The molecule has 1 aromatic heterocycles. The van der Waals surface area contributed by atoms with Gasteiger partial charge in [-0.25, -0.2) is 0 Å². The molecule has 0 aliphatic carbocycles. The predicted octanol–water partition coefficient (Wildman–Crippen LogP) is 0.384. The van der Waals surface area contributed by atoms with Crippen molar-refractivity contribution in [2.75, 3.05) is 13.1 Å². The van der Waals surface area contributed by atoms with Crippen LogP contribution in [0.4, 0.5) is 0 Å². The summed E-state index contributed by atoms with van der Waals surface area (Å²) in [5.41, 5.74) is 0.356. The molecule has 0 radical (unpaired) electrons. The molecule has 0 unspecified atom stereocenters. The molecular formula is C11H14N2O3. The van der Waals surface area contributed by atoms with E-state index in [0.29, 0.717) is 18.7 Å². The van der Waals surface area contributed by atoms with Gasteiger partial charge >= 0.3 is 0 Å². The van der Waals surface area contributed by atoms with Gasteiger partial charge in [-0.2, -0.15) is 0 Å². The van der Waals surface area contributed by atoms with Crippen molar-refractivity contribution in [1.82, 2.24) is 9.88 Å². The molecular weight excluding hydrogens is 208 g/mol. The number of amides is 1. The van der Waals surface area contributed by atoms with Crippen LogP contribution in [0.1, 0.15) is 23.2 Å². The van der Waals surface area contributed by atoms with E-state index in [2.05, 4.69) is 4.98 Å². The molecule has 1 aliphatic rings. The van der Waals surface area contributed by atoms with Crippen LogP contribution in [-0.2, 0) is 0 Å². The van der Waals surface area contributed by atoms with Gasteiger partial charge in [-0.1, -0.05) is 0 Å². The summed E-state index contributed by atoms with van der Waals surface area (Å²) in [7, 11) is 0. The van der Waals surface area contributed by atoms with E-state index in [4.69, 9.17) is 0 Å². The summed E-state index contributed by atoms with van der Waals surface area (Å²) in [6.07, 6.45) is 3.80. The number of pyridine rings is 1. The van der Waals surface area contributed by atoms with Crippen molar-refractivity contribution in [2.45, 2.75) is 18.9 Å². The minimum Gasteiger partial charge on any atom is -0.506 e. The first-order chi connectivity index (χ1) is 7.66. The summed E-state index contributed by atoms with van der Waals surface area (Å²) in [6.45, 7) is 1.00. The minimum absolute atomic E-state index is 0.0246. The SMILES string of the molecule is O=C(c1cncc(O)c1)N1CCC[C@H](O)C1. The number of rotatable bonds is 1. The number of likely N-dealkylation sites (tertiary alicyclic amines) is 1. The number of hydrogen-bond donors (Lipinski definition) is 2. The normalized spacial score (nSPS) is 20.8. The summed E-state index contributed by atoms with van der Waals surface area (Å²) in [6, 6.07) is 1.39. The molecule has 0 saturated carbocycles. The number of aromatic nitrogens is 1. The maximum atomic E-state index is 12.0. The predicted molar refractivity (Wildman–Crippen MR) is 57.0 cm³/mol. The molecule has 5 heteroatoms. The summed E-state index contributed by atoms with van der Waals surface area (Å²) in [5.74, 6) is -0.217. The van der Waals surface area contributed by atoms with Crippen LogP contribution in [-0.4, -0.2) is 45.2 Å². The molecule has 5 nitrogen and oxygen atoms in total. The lowest BCUT2D eigenvalue weighted by atomic mass is 10.1. The van der Waals surface area contributed by atoms with Gasteiger partial charge in [0.15, 0.2) is 0 Å². The lowest BCUT2D eigenvalue weighted by molar-refractivity contribution is 0.0473. The highest BCUT2D eigenvalue weighted by molar-refractivity contribution is 5.94. The number of hydrogen-bond acceptors (Lipinski definition) is 4. The van der Waals surface area contributed by atoms with Crippen LogP contribution in [0.3, 0.4) is 0 Å². The molecule has 2 N–H and O–H groups in total. The third-order valence-corrected chi connectivity index (χ3v) is 2.65. The number of carbonyl (C=O) groups is 1. The van der Waals surface area contributed by atoms with Crippen LogP contribution in [0, 0.1) is 0 Å². The maximum Gasteiger partial charge on any atom is 0.255 e. The van der Waals surface area contributed by atoms with Crippen molar-refractivity contribution >= 4 is 5.91 Å². The molecule has 1 amide bonds. The molecule has 1 saturated heterocycles. The van der Waals surface area contributed by atoms with E-state index in [1.165, 1.54) is 18.5 Å². The quantitative estimate of drug-likeness (QED) is 0.720. The molecule has 0 aromatic carbocycles. The van der Waals surface area contributed by atoms with Crippen molar-refractivity contribution in [3.63, 3.8) is 0 Å². The van der Waals surface area contributed by atoms with E-state index in [1.54, 1.807) is 4.90 Å². The third-order valence-electron chi connectivity index (χ3n) is 2.65. The first-order valence-corrected chi connectivity index (χ1v) is 5.28. The second-order valence-electron chi connectivity index (χ2n) is 3.98. The van der Waals surface area contributed by atoms with E-state index in [9.17, 15) is 15.0 Å². The fourth-order valence-corrected chi connectivity index (χ4v) is 1.87. The van der Waals surface area contributed by atoms with Crippen molar-refractivity contribution in [3.8, 4) is 5.75 Å². The highest BCUT2D eigenvalue weighted by Crippen LogP contribution is 2.15. The van der Waals surface area contributed by atoms with Crippen LogP contribution in [0.2, 0.25) is 0 Å². The van der Waals surface area contributed by atoms with Crippen molar-refractivity contribution in [2.24, 2.45) is 0 Å². The number of piperidine rings is 1. The molecule has 1 atom stereocenters. The van der Waals surface area contributed by atoms with Crippen LogP contribution in [0.25, 0.3) is 0 Å². The standard InChI is InChI=1S/C11H14N2O3/c14-9-2-1-3-13(7-9)11(16)8-4-10(15)6-12-5-8/h4-6,9,14-15H,1-3,7H2/t9-/m0/s1. The first-order valence-electron chi connectivity index (χ1n) is 5.28. The largest absolute Gasteiger partial charge is 0.506 e. The molecule has 2 heterocycles. The van der Waals surface area contributed by atoms with E-state index in [1.807, 2.05) is 0 Å². The number of aliphatic hydroxyl groups is 1. The highest BCUT2D eigenvalue weighted by Gasteiger charge is 2.23. The highest BCUT2D eigenvalue weighted by atomic mass is 16.3. The van der Waals surface area contributed by atoms with Crippen molar-refractivity contribution in [3.05, 3.63) is 24.0 Å². The fraction of sp³-hybridized carbons (Fsp3) is 0.455. The zero-order valence-electron chi connectivity index (χ0n) is 8.83. The Hall–Kier alpha value is -1.62. The van der Waals surface area contributed by atoms with E-state index >= 15 is 0 Å².